The first kappa shape index (κ1) is 32.1. The number of carboxylic acids is 1. The molecule has 3 aromatic carbocycles. The number of rotatable bonds is 14. The minimum absolute atomic E-state index is 0.0728. The summed E-state index contributed by atoms with van der Waals surface area (Å²) in [6.07, 6.45) is 13.3. The van der Waals surface area contributed by atoms with Crippen molar-refractivity contribution in [1.82, 2.24) is 25.1 Å². The molecule has 2 unspecified atom stereocenters. The summed E-state index contributed by atoms with van der Waals surface area (Å²) >= 11 is 0. The van der Waals surface area contributed by atoms with Crippen molar-refractivity contribution in [2.24, 2.45) is 5.92 Å². The van der Waals surface area contributed by atoms with Gasteiger partial charge in [0.2, 0.25) is 11.8 Å². The molecule has 0 spiro atoms. The lowest BCUT2D eigenvalue weighted by atomic mass is 9.70. The Morgan fingerprint density at radius 2 is 1.57 bits per heavy atom. The number of benzene rings is 3. The zero-order chi connectivity index (χ0) is 32.4. The molecular formula is C37H39N5O4. The number of hydrogen-bond acceptors (Lipinski definition) is 5. The van der Waals surface area contributed by atoms with Crippen LogP contribution < -0.4 is 10.6 Å². The molecule has 5 rings (SSSR count). The van der Waals surface area contributed by atoms with E-state index in [1.807, 2.05) is 72.9 Å². The SMILES string of the molecule is CNC(=O)C(Cc1cn(C(c2ccccc2)(c2ccccc2)C2C=CC=CC2)cn1)NC(=O)CN(CC(=O)O)Cc1ccccc1. The van der Waals surface area contributed by atoms with Crippen LogP contribution in [-0.2, 0) is 32.9 Å². The van der Waals surface area contributed by atoms with Gasteiger partial charge in [-0.2, -0.15) is 0 Å². The van der Waals surface area contributed by atoms with Gasteiger partial charge in [0.25, 0.3) is 0 Å². The van der Waals surface area contributed by atoms with Crippen molar-refractivity contribution in [3.63, 3.8) is 0 Å². The molecule has 0 saturated carbocycles. The van der Waals surface area contributed by atoms with Gasteiger partial charge in [0.15, 0.2) is 0 Å². The number of nitrogens with zero attached hydrogens (tertiary/aromatic N) is 3. The largest absolute Gasteiger partial charge is 0.480 e. The third kappa shape index (κ3) is 7.50. The summed E-state index contributed by atoms with van der Waals surface area (Å²) in [5.41, 5.74) is 3.09. The van der Waals surface area contributed by atoms with Gasteiger partial charge in [-0.3, -0.25) is 19.3 Å². The summed E-state index contributed by atoms with van der Waals surface area (Å²) in [5, 5.41) is 14.9. The normalized spacial score (nSPS) is 15.0. The molecule has 0 bridgehead atoms. The summed E-state index contributed by atoms with van der Waals surface area (Å²) in [6, 6.07) is 29.1. The smallest absolute Gasteiger partial charge is 0.317 e. The van der Waals surface area contributed by atoms with E-state index in [9.17, 15) is 19.5 Å². The molecule has 1 aliphatic carbocycles. The van der Waals surface area contributed by atoms with Crippen LogP contribution in [0.5, 0.6) is 0 Å². The molecule has 46 heavy (non-hydrogen) atoms. The first-order valence-corrected chi connectivity index (χ1v) is 15.4. The van der Waals surface area contributed by atoms with Crippen LogP contribution in [0.1, 0.15) is 28.8 Å². The molecule has 0 radical (unpaired) electrons. The zero-order valence-electron chi connectivity index (χ0n) is 25.8. The fourth-order valence-corrected chi connectivity index (χ4v) is 6.26. The highest BCUT2D eigenvalue weighted by molar-refractivity contribution is 5.88. The molecule has 1 heterocycles. The molecule has 3 N–H and O–H groups in total. The van der Waals surface area contributed by atoms with Gasteiger partial charge < -0.3 is 20.3 Å². The Bertz CT molecular complexity index is 1630. The quantitative estimate of drug-likeness (QED) is 0.196. The van der Waals surface area contributed by atoms with E-state index in [4.69, 9.17) is 4.98 Å². The van der Waals surface area contributed by atoms with Crippen molar-refractivity contribution < 1.29 is 19.5 Å². The molecule has 0 saturated heterocycles. The molecule has 2 amide bonds. The number of aromatic nitrogens is 2. The van der Waals surface area contributed by atoms with Crippen molar-refractivity contribution in [2.45, 2.75) is 31.0 Å². The predicted octanol–water partition coefficient (Wildman–Crippen LogP) is 4.17. The average molecular weight is 618 g/mol. The molecule has 9 nitrogen and oxygen atoms in total. The topological polar surface area (TPSA) is 117 Å². The molecule has 2 atom stereocenters. The van der Waals surface area contributed by atoms with Crippen LogP contribution in [0.15, 0.2) is 128 Å². The Morgan fingerprint density at radius 1 is 0.935 bits per heavy atom. The van der Waals surface area contributed by atoms with E-state index in [1.165, 1.54) is 11.9 Å². The van der Waals surface area contributed by atoms with Crippen LogP contribution >= 0.6 is 0 Å². The van der Waals surface area contributed by atoms with Crippen molar-refractivity contribution in [3.8, 4) is 0 Å². The molecule has 4 aromatic rings. The summed E-state index contributed by atoms with van der Waals surface area (Å²) in [4.78, 5) is 44.1. The first-order chi connectivity index (χ1) is 22.4. The zero-order valence-corrected chi connectivity index (χ0v) is 25.8. The third-order valence-corrected chi connectivity index (χ3v) is 8.27. The lowest BCUT2D eigenvalue weighted by Crippen LogP contribution is -2.50. The van der Waals surface area contributed by atoms with Gasteiger partial charge in [-0.05, 0) is 23.1 Å². The molecule has 236 valence electrons. The van der Waals surface area contributed by atoms with Gasteiger partial charge in [-0.25, -0.2) is 4.98 Å². The standard InChI is InChI=1S/C37H39N5O4/c1-38-36(46)33(40-34(43)25-41(26-35(44)45)23-28-14-6-2-7-15-28)22-32-24-42(27-39-32)37(29-16-8-3-9-17-29,30-18-10-4-11-19-30)31-20-12-5-13-21-31/h2-20,24,27,31,33H,21-23,25-26H2,1H3,(H,38,46)(H,40,43)(H,44,45). The second kappa shape index (κ2) is 15.1. The highest BCUT2D eigenvalue weighted by Gasteiger charge is 2.42. The number of nitrogens with one attached hydrogen (secondary N) is 2. The fourth-order valence-electron chi connectivity index (χ4n) is 6.26. The highest BCUT2D eigenvalue weighted by Crippen LogP contribution is 2.44. The highest BCUT2D eigenvalue weighted by atomic mass is 16.4. The Balaban J connectivity index is 1.43. The third-order valence-electron chi connectivity index (χ3n) is 8.27. The second-order valence-corrected chi connectivity index (χ2v) is 11.4. The molecule has 1 aliphatic rings. The van der Waals surface area contributed by atoms with Crippen LogP contribution in [-0.4, -0.2) is 63.5 Å². The number of imidazole rings is 1. The summed E-state index contributed by atoms with van der Waals surface area (Å²) in [5.74, 6) is -1.79. The lowest BCUT2D eigenvalue weighted by molar-refractivity contribution is -0.139. The van der Waals surface area contributed by atoms with Crippen molar-refractivity contribution in [1.29, 1.82) is 0 Å². The van der Waals surface area contributed by atoms with E-state index >= 15 is 0 Å². The number of amides is 2. The molecule has 9 heteroatoms. The predicted molar refractivity (Wildman–Crippen MR) is 177 cm³/mol. The second-order valence-electron chi connectivity index (χ2n) is 11.4. The maximum atomic E-state index is 13.2. The van der Waals surface area contributed by atoms with Gasteiger partial charge in [-0.15, -0.1) is 0 Å². The average Bonchev–Trinajstić information content (AvgIpc) is 3.54. The van der Waals surface area contributed by atoms with Gasteiger partial charge >= 0.3 is 5.97 Å². The van der Waals surface area contributed by atoms with E-state index in [-0.39, 0.29) is 37.9 Å². The lowest BCUT2D eigenvalue weighted by Gasteiger charge is -2.42. The van der Waals surface area contributed by atoms with Crippen molar-refractivity contribution in [3.05, 3.63) is 150 Å². The maximum Gasteiger partial charge on any atom is 0.317 e. The molecule has 1 aromatic heterocycles. The number of carboxylic acid groups (broad SMARTS) is 1. The van der Waals surface area contributed by atoms with E-state index in [2.05, 4.69) is 63.8 Å². The minimum Gasteiger partial charge on any atom is -0.480 e. The Kier molecular flexibility index (Phi) is 10.6. The van der Waals surface area contributed by atoms with Crippen LogP contribution in [0, 0.1) is 5.92 Å². The van der Waals surface area contributed by atoms with Crippen LogP contribution in [0.4, 0.5) is 0 Å². The number of allylic oxidation sites excluding steroid dienone is 4. The monoisotopic (exact) mass is 617 g/mol. The summed E-state index contributed by atoms with van der Waals surface area (Å²) in [6.45, 7) is -0.222. The molecule has 0 fully saturated rings. The van der Waals surface area contributed by atoms with Gasteiger partial charge in [-0.1, -0.05) is 115 Å². The Hall–Kier alpha value is -5.28. The molecule has 0 aliphatic heterocycles. The molecular weight excluding hydrogens is 578 g/mol. The fraction of sp³-hybridized carbons (Fsp3) is 0.243. The number of hydrogen-bond donors (Lipinski definition) is 3. The number of aliphatic carboxylic acids is 1. The van der Waals surface area contributed by atoms with Crippen molar-refractivity contribution in [2.75, 3.05) is 20.1 Å². The van der Waals surface area contributed by atoms with Crippen LogP contribution in [0.2, 0.25) is 0 Å². The van der Waals surface area contributed by atoms with Crippen LogP contribution in [0.3, 0.4) is 0 Å². The number of likely N-dealkylation sites (N-methyl/N-ethyl adjacent to an activating group) is 1. The van der Waals surface area contributed by atoms with E-state index in [0.29, 0.717) is 5.69 Å². The maximum absolute atomic E-state index is 13.2. The van der Waals surface area contributed by atoms with Gasteiger partial charge in [0, 0.05) is 32.1 Å². The Morgan fingerprint density at radius 3 is 2.13 bits per heavy atom. The van der Waals surface area contributed by atoms with Gasteiger partial charge in [0.1, 0.15) is 11.6 Å². The summed E-state index contributed by atoms with van der Waals surface area (Å²) in [7, 11) is 1.52. The number of carbonyl (C=O) groups is 3. The first-order valence-electron chi connectivity index (χ1n) is 15.4. The van der Waals surface area contributed by atoms with Gasteiger partial charge in [0.05, 0.1) is 25.1 Å². The van der Waals surface area contributed by atoms with E-state index in [1.54, 1.807) is 6.33 Å². The van der Waals surface area contributed by atoms with E-state index in [0.717, 1.165) is 23.1 Å². The number of carbonyl (C=O) groups excluding carboxylic acids is 2. The van der Waals surface area contributed by atoms with Crippen molar-refractivity contribution >= 4 is 17.8 Å². The Labute approximate surface area is 269 Å². The van der Waals surface area contributed by atoms with E-state index < -0.39 is 23.5 Å². The van der Waals surface area contributed by atoms with Crippen LogP contribution in [0.25, 0.3) is 0 Å². The minimum atomic E-state index is -1.04. The summed E-state index contributed by atoms with van der Waals surface area (Å²) < 4.78 is 2.12.